The van der Waals surface area contributed by atoms with Gasteiger partial charge in [-0.05, 0) is 49.8 Å². The van der Waals surface area contributed by atoms with Gasteiger partial charge in [-0.2, -0.15) is 0 Å². The van der Waals surface area contributed by atoms with Crippen molar-refractivity contribution in [3.05, 3.63) is 86.6 Å². The number of benzene rings is 2. The van der Waals surface area contributed by atoms with Gasteiger partial charge in [-0.15, -0.1) is 0 Å². The van der Waals surface area contributed by atoms with Gasteiger partial charge in [-0.1, -0.05) is 17.7 Å². The van der Waals surface area contributed by atoms with Crippen LogP contribution in [0.5, 0.6) is 0 Å². The Labute approximate surface area is 161 Å². The number of nitrogens with zero attached hydrogens (tertiary/aromatic N) is 2. The summed E-state index contributed by atoms with van der Waals surface area (Å²) in [5, 5.41) is 10.8. The quantitative estimate of drug-likeness (QED) is 0.350. The van der Waals surface area contributed by atoms with E-state index in [1.54, 1.807) is 19.1 Å². The summed E-state index contributed by atoms with van der Waals surface area (Å²) < 4.78 is 4.87. The van der Waals surface area contributed by atoms with Gasteiger partial charge >= 0.3 is 5.97 Å². The van der Waals surface area contributed by atoms with Crippen molar-refractivity contribution in [3.63, 3.8) is 0 Å². The summed E-state index contributed by atoms with van der Waals surface area (Å²) in [5.74, 6) is -0.978. The first kappa shape index (κ1) is 19.0. The van der Waals surface area contributed by atoms with E-state index >= 15 is 0 Å². The fourth-order valence-corrected chi connectivity index (χ4v) is 3.04. The molecule has 0 saturated heterocycles. The van der Waals surface area contributed by atoms with Gasteiger partial charge in [-0.3, -0.25) is 19.8 Å². The first-order valence-electron chi connectivity index (χ1n) is 8.50. The molecule has 0 unspecified atom stereocenters. The SMILES string of the molecule is COC(=O)C1=C(C)N(c2ccc(C)cc2)C(=O)C1=Cc1ccc([N+](=O)[O-])cc1. The van der Waals surface area contributed by atoms with Crippen LogP contribution in [0.25, 0.3) is 6.08 Å². The number of amides is 1. The molecule has 0 fully saturated rings. The van der Waals surface area contributed by atoms with Crippen LogP contribution in [0.1, 0.15) is 18.1 Å². The number of hydrogen-bond donors (Lipinski definition) is 0. The van der Waals surface area contributed by atoms with Gasteiger partial charge in [0.25, 0.3) is 11.6 Å². The van der Waals surface area contributed by atoms with Gasteiger partial charge in [0.15, 0.2) is 0 Å². The molecule has 2 aromatic rings. The van der Waals surface area contributed by atoms with Crippen molar-refractivity contribution in [2.75, 3.05) is 12.0 Å². The van der Waals surface area contributed by atoms with Crippen molar-refractivity contribution in [2.24, 2.45) is 0 Å². The van der Waals surface area contributed by atoms with E-state index in [-0.39, 0.29) is 22.7 Å². The standard InChI is InChI=1S/C21H18N2O5/c1-13-4-8-16(9-5-13)22-14(2)19(21(25)28-3)18(20(22)24)12-15-6-10-17(11-7-15)23(26)27/h4-12H,1-3H3. The normalized spacial score (nSPS) is 15.3. The minimum atomic E-state index is -0.617. The predicted molar refractivity (Wildman–Crippen MR) is 104 cm³/mol. The fourth-order valence-electron chi connectivity index (χ4n) is 3.04. The second kappa shape index (κ2) is 7.48. The number of hydrogen-bond acceptors (Lipinski definition) is 5. The van der Waals surface area contributed by atoms with Crippen LogP contribution < -0.4 is 4.90 Å². The lowest BCUT2D eigenvalue weighted by Crippen LogP contribution is -2.24. The molecule has 0 spiro atoms. The van der Waals surface area contributed by atoms with Crippen LogP contribution in [0.2, 0.25) is 0 Å². The highest BCUT2D eigenvalue weighted by Crippen LogP contribution is 2.35. The molecule has 7 nitrogen and oxygen atoms in total. The minimum absolute atomic E-state index is 0.0545. The van der Waals surface area contributed by atoms with E-state index in [0.717, 1.165) is 5.56 Å². The molecule has 142 valence electrons. The van der Waals surface area contributed by atoms with Crippen LogP contribution in [0.4, 0.5) is 11.4 Å². The number of ether oxygens (including phenoxy) is 1. The van der Waals surface area contributed by atoms with E-state index < -0.39 is 10.9 Å². The number of non-ortho nitro benzene ring substituents is 1. The molecular weight excluding hydrogens is 360 g/mol. The van der Waals surface area contributed by atoms with Crippen LogP contribution in [-0.4, -0.2) is 23.9 Å². The Morgan fingerprint density at radius 2 is 1.68 bits per heavy atom. The molecule has 0 N–H and O–H groups in total. The highest BCUT2D eigenvalue weighted by Gasteiger charge is 2.37. The van der Waals surface area contributed by atoms with E-state index in [9.17, 15) is 19.7 Å². The Morgan fingerprint density at radius 1 is 1.07 bits per heavy atom. The summed E-state index contributed by atoms with van der Waals surface area (Å²) in [6.45, 7) is 3.62. The monoisotopic (exact) mass is 378 g/mol. The van der Waals surface area contributed by atoms with Crippen molar-refractivity contribution in [1.82, 2.24) is 0 Å². The largest absolute Gasteiger partial charge is 0.465 e. The van der Waals surface area contributed by atoms with Crippen molar-refractivity contribution < 1.29 is 19.2 Å². The summed E-state index contributed by atoms with van der Waals surface area (Å²) >= 11 is 0. The molecule has 2 aromatic carbocycles. The van der Waals surface area contributed by atoms with Crippen LogP contribution in [0, 0.1) is 17.0 Å². The Bertz CT molecular complexity index is 1020. The van der Waals surface area contributed by atoms with Crippen molar-refractivity contribution >= 4 is 29.3 Å². The third-order valence-corrected chi connectivity index (χ3v) is 4.50. The van der Waals surface area contributed by atoms with Crippen LogP contribution >= 0.6 is 0 Å². The van der Waals surface area contributed by atoms with Gasteiger partial charge in [0.1, 0.15) is 0 Å². The topological polar surface area (TPSA) is 89.8 Å². The van der Waals surface area contributed by atoms with Crippen molar-refractivity contribution in [1.29, 1.82) is 0 Å². The second-order valence-corrected chi connectivity index (χ2v) is 6.33. The van der Waals surface area contributed by atoms with E-state index in [1.807, 2.05) is 19.1 Å². The number of carbonyl (C=O) groups is 2. The van der Waals surface area contributed by atoms with E-state index in [1.165, 1.54) is 42.4 Å². The molecule has 1 amide bonds. The Balaban J connectivity index is 2.08. The van der Waals surface area contributed by atoms with Crippen LogP contribution in [0.15, 0.2) is 65.4 Å². The molecule has 0 aliphatic carbocycles. The maximum absolute atomic E-state index is 13.1. The third-order valence-electron chi connectivity index (χ3n) is 4.50. The van der Waals surface area contributed by atoms with Crippen molar-refractivity contribution in [3.8, 4) is 0 Å². The highest BCUT2D eigenvalue weighted by atomic mass is 16.6. The lowest BCUT2D eigenvalue weighted by Gasteiger charge is -2.18. The molecule has 7 heteroatoms. The Morgan fingerprint density at radius 3 is 2.21 bits per heavy atom. The molecule has 28 heavy (non-hydrogen) atoms. The number of methoxy groups -OCH3 is 1. The average molecular weight is 378 g/mol. The molecule has 0 atom stereocenters. The highest BCUT2D eigenvalue weighted by molar-refractivity contribution is 6.23. The first-order valence-corrected chi connectivity index (χ1v) is 8.50. The number of allylic oxidation sites excluding steroid dienone is 1. The lowest BCUT2D eigenvalue weighted by atomic mass is 10.0. The Kier molecular flexibility index (Phi) is 5.08. The van der Waals surface area contributed by atoms with Gasteiger partial charge in [0.05, 0.1) is 23.2 Å². The molecule has 3 rings (SSSR count). The van der Waals surface area contributed by atoms with Gasteiger partial charge in [0, 0.05) is 23.5 Å². The first-order chi connectivity index (χ1) is 13.3. The number of nitro benzene ring substituents is 1. The van der Waals surface area contributed by atoms with Gasteiger partial charge in [-0.25, -0.2) is 4.79 Å². The molecule has 0 saturated carbocycles. The minimum Gasteiger partial charge on any atom is -0.465 e. The van der Waals surface area contributed by atoms with Crippen molar-refractivity contribution in [2.45, 2.75) is 13.8 Å². The summed E-state index contributed by atoms with van der Waals surface area (Å²) in [4.78, 5) is 37.2. The number of rotatable bonds is 4. The maximum Gasteiger partial charge on any atom is 0.340 e. The molecule has 0 aromatic heterocycles. The zero-order chi connectivity index (χ0) is 20.4. The van der Waals surface area contributed by atoms with Gasteiger partial charge < -0.3 is 4.74 Å². The van der Waals surface area contributed by atoms with E-state index in [2.05, 4.69) is 0 Å². The second-order valence-electron chi connectivity index (χ2n) is 6.33. The fraction of sp³-hybridized carbons (Fsp3) is 0.143. The zero-order valence-electron chi connectivity index (χ0n) is 15.6. The third kappa shape index (κ3) is 3.42. The van der Waals surface area contributed by atoms with Crippen LogP contribution in [-0.2, 0) is 14.3 Å². The molecule has 0 bridgehead atoms. The number of carbonyl (C=O) groups excluding carboxylic acids is 2. The Hall–Kier alpha value is -3.74. The van der Waals surface area contributed by atoms with Gasteiger partial charge in [0.2, 0.25) is 0 Å². The van der Waals surface area contributed by atoms with Crippen LogP contribution in [0.3, 0.4) is 0 Å². The molecular formula is C21H18N2O5. The lowest BCUT2D eigenvalue weighted by molar-refractivity contribution is -0.384. The smallest absolute Gasteiger partial charge is 0.340 e. The summed E-state index contributed by atoms with van der Waals surface area (Å²) in [6.07, 6.45) is 1.54. The molecule has 1 aliphatic rings. The number of nitro groups is 1. The number of aryl methyl sites for hydroxylation is 1. The summed E-state index contributed by atoms with van der Waals surface area (Å²) in [6, 6.07) is 13.1. The summed E-state index contributed by atoms with van der Waals surface area (Å²) in [7, 11) is 1.26. The predicted octanol–water partition coefficient (Wildman–Crippen LogP) is 3.78. The zero-order valence-corrected chi connectivity index (χ0v) is 15.6. The number of esters is 1. The molecule has 1 aliphatic heterocycles. The molecule has 1 heterocycles. The van der Waals surface area contributed by atoms with E-state index in [4.69, 9.17) is 4.74 Å². The molecule has 0 radical (unpaired) electrons. The summed E-state index contributed by atoms with van der Waals surface area (Å²) in [5.41, 5.74) is 3.02. The van der Waals surface area contributed by atoms with E-state index in [0.29, 0.717) is 16.9 Å². The number of anilines is 1. The maximum atomic E-state index is 13.1. The average Bonchev–Trinajstić information content (AvgIpc) is 2.92.